The van der Waals surface area contributed by atoms with Crippen molar-refractivity contribution in [3.05, 3.63) is 0 Å². The number of nitrogens with one attached hydrogen (secondary N) is 1. The molecule has 0 unspecified atom stereocenters. The lowest BCUT2D eigenvalue weighted by atomic mass is 10.3. The lowest BCUT2D eigenvalue weighted by Gasteiger charge is -2.18. The first kappa shape index (κ1) is 11.9. The highest BCUT2D eigenvalue weighted by molar-refractivity contribution is 5.78. The van der Waals surface area contributed by atoms with Crippen LogP contribution in [0.15, 0.2) is 0 Å². The fourth-order valence-electron chi connectivity index (χ4n) is 1.57. The molecule has 1 aliphatic rings. The highest BCUT2D eigenvalue weighted by Gasteiger charge is 2.18. The minimum atomic E-state index is -0.194. The predicted octanol–water partition coefficient (Wildman–Crippen LogP) is -1.47. The number of likely N-dealkylation sites (N-methyl/N-ethyl adjacent to an activating group) is 1. The third kappa shape index (κ3) is 3.85. The van der Waals surface area contributed by atoms with Crippen LogP contribution >= 0.6 is 0 Å². The van der Waals surface area contributed by atoms with E-state index in [-0.39, 0.29) is 11.8 Å². The van der Waals surface area contributed by atoms with Gasteiger partial charge in [0.05, 0.1) is 6.54 Å². The monoisotopic (exact) mass is 214 g/mol. The largest absolute Gasteiger partial charge is 0.345 e. The van der Waals surface area contributed by atoms with E-state index in [1.807, 2.05) is 4.90 Å². The Hall–Kier alpha value is -1.14. The average molecular weight is 214 g/mol. The SMILES string of the molecule is CN1CCCN(CCC(=O)NN)CC1=O. The molecule has 1 aliphatic heterocycles. The van der Waals surface area contributed by atoms with Crippen molar-refractivity contribution in [2.24, 2.45) is 5.84 Å². The molecule has 0 aromatic heterocycles. The molecule has 3 N–H and O–H groups in total. The Morgan fingerprint density at radius 1 is 1.53 bits per heavy atom. The van der Waals surface area contributed by atoms with Crippen LogP contribution in [0.5, 0.6) is 0 Å². The standard InChI is InChI=1S/C9H18N4O2/c1-12-4-2-5-13(7-9(12)15)6-3-8(14)11-10/h2-7,10H2,1H3,(H,11,14). The number of rotatable bonds is 3. The Balaban J connectivity index is 2.35. The van der Waals surface area contributed by atoms with Crippen LogP contribution in [-0.2, 0) is 9.59 Å². The molecular weight excluding hydrogens is 196 g/mol. The van der Waals surface area contributed by atoms with Gasteiger partial charge in [0.15, 0.2) is 0 Å². The van der Waals surface area contributed by atoms with Gasteiger partial charge in [-0.2, -0.15) is 0 Å². The van der Waals surface area contributed by atoms with Gasteiger partial charge in [0, 0.05) is 33.1 Å². The van der Waals surface area contributed by atoms with Crippen LogP contribution in [0.1, 0.15) is 12.8 Å². The number of amides is 2. The molecule has 0 atom stereocenters. The minimum absolute atomic E-state index is 0.112. The van der Waals surface area contributed by atoms with Gasteiger partial charge in [-0.05, 0) is 6.42 Å². The topological polar surface area (TPSA) is 78.7 Å². The molecule has 0 saturated carbocycles. The number of carbonyl (C=O) groups is 2. The van der Waals surface area contributed by atoms with E-state index >= 15 is 0 Å². The van der Waals surface area contributed by atoms with Crippen LogP contribution in [0.25, 0.3) is 0 Å². The summed E-state index contributed by atoms with van der Waals surface area (Å²) in [5.74, 6) is 4.89. The zero-order chi connectivity index (χ0) is 11.3. The van der Waals surface area contributed by atoms with E-state index in [0.717, 1.165) is 19.5 Å². The number of nitrogens with two attached hydrogens (primary N) is 1. The summed E-state index contributed by atoms with van der Waals surface area (Å²) >= 11 is 0. The molecule has 2 amide bonds. The van der Waals surface area contributed by atoms with Crippen molar-refractivity contribution in [1.29, 1.82) is 0 Å². The first-order valence-corrected chi connectivity index (χ1v) is 5.09. The maximum Gasteiger partial charge on any atom is 0.236 e. The van der Waals surface area contributed by atoms with Crippen molar-refractivity contribution in [3.63, 3.8) is 0 Å². The summed E-state index contributed by atoms with van der Waals surface area (Å²) in [7, 11) is 1.80. The Morgan fingerprint density at radius 2 is 2.27 bits per heavy atom. The maximum atomic E-state index is 11.5. The van der Waals surface area contributed by atoms with Crippen molar-refractivity contribution in [2.45, 2.75) is 12.8 Å². The number of hydrogen-bond acceptors (Lipinski definition) is 4. The van der Waals surface area contributed by atoms with Gasteiger partial charge < -0.3 is 4.90 Å². The van der Waals surface area contributed by atoms with Gasteiger partial charge in [-0.3, -0.25) is 19.9 Å². The third-order valence-corrected chi connectivity index (χ3v) is 2.57. The van der Waals surface area contributed by atoms with Crippen LogP contribution in [0, 0.1) is 0 Å². The Labute approximate surface area is 89.4 Å². The summed E-state index contributed by atoms with van der Waals surface area (Å²) in [6.45, 7) is 2.63. The van der Waals surface area contributed by atoms with Gasteiger partial charge in [-0.1, -0.05) is 0 Å². The maximum absolute atomic E-state index is 11.5. The molecule has 1 fully saturated rings. The molecule has 0 spiro atoms. The molecule has 15 heavy (non-hydrogen) atoms. The van der Waals surface area contributed by atoms with Crippen molar-refractivity contribution >= 4 is 11.8 Å². The highest BCUT2D eigenvalue weighted by Crippen LogP contribution is 2.02. The highest BCUT2D eigenvalue weighted by atomic mass is 16.2. The summed E-state index contributed by atoms with van der Waals surface area (Å²) in [5.41, 5.74) is 2.08. The molecule has 6 nitrogen and oxygen atoms in total. The molecule has 0 radical (unpaired) electrons. The van der Waals surface area contributed by atoms with Gasteiger partial charge in [0.2, 0.25) is 11.8 Å². The quantitative estimate of drug-likeness (QED) is 0.341. The molecule has 0 bridgehead atoms. The number of hydrogen-bond donors (Lipinski definition) is 2. The van der Waals surface area contributed by atoms with E-state index in [2.05, 4.69) is 5.43 Å². The Kier molecular flexibility index (Phi) is 4.51. The van der Waals surface area contributed by atoms with E-state index in [0.29, 0.717) is 19.5 Å². The van der Waals surface area contributed by atoms with Crippen LogP contribution in [-0.4, -0.2) is 54.8 Å². The van der Waals surface area contributed by atoms with E-state index < -0.39 is 0 Å². The average Bonchev–Trinajstić information content (AvgIpc) is 2.38. The molecule has 0 aromatic carbocycles. The fourth-order valence-corrected chi connectivity index (χ4v) is 1.57. The molecule has 1 heterocycles. The lowest BCUT2D eigenvalue weighted by Crippen LogP contribution is -2.37. The third-order valence-electron chi connectivity index (χ3n) is 2.57. The molecular formula is C9H18N4O2. The summed E-state index contributed by atoms with van der Waals surface area (Å²) in [6, 6.07) is 0. The molecule has 1 saturated heterocycles. The van der Waals surface area contributed by atoms with Crippen LogP contribution < -0.4 is 11.3 Å². The van der Waals surface area contributed by atoms with E-state index in [1.54, 1.807) is 11.9 Å². The van der Waals surface area contributed by atoms with Gasteiger partial charge in [0.25, 0.3) is 0 Å². The summed E-state index contributed by atoms with van der Waals surface area (Å²) in [6.07, 6.45) is 1.29. The number of carbonyl (C=O) groups excluding carboxylic acids is 2. The summed E-state index contributed by atoms with van der Waals surface area (Å²) in [5, 5.41) is 0. The van der Waals surface area contributed by atoms with Crippen LogP contribution in [0.4, 0.5) is 0 Å². The van der Waals surface area contributed by atoms with Crippen molar-refractivity contribution in [2.75, 3.05) is 33.2 Å². The molecule has 0 aliphatic carbocycles. The summed E-state index contributed by atoms with van der Waals surface area (Å²) in [4.78, 5) is 26.1. The Bertz CT molecular complexity index is 244. The second-order valence-corrected chi connectivity index (χ2v) is 3.76. The zero-order valence-corrected chi connectivity index (χ0v) is 9.03. The van der Waals surface area contributed by atoms with E-state index in [9.17, 15) is 9.59 Å². The lowest BCUT2D eigenvalue weighted by molar-refractivity contribution is -0.130. The minimum Gasteiger partial charge on any atom is -0.345 e. The molecule has 86 valence electrons. The van der Waals surface area contributed by atoms with E-state index in [1.165, 1.54) is 0 Å². The normalized spacial score (nSPS) is 18.8. The van der Waals surface area contributed by atoms with Gasteiger partial charge in [-0.25, -0.2) is 5.84 Å². The smallest absolute Gasteiger partial charge is 0.236 e. The van der Waals surface area contributed by atoms with Crippen molar-refractivity contribution in [3.8, 4) is 0 Å². The number of hydrazine groups is 1. The van der Waals surface area contributed by atoms with Gasteiger partial charge >= 0.3 is 0 Å². The van der Waals surface area contributed by atoms with E-state index in [4.69, 9.17) is 5.84 Å². The van der Waals surface area contributed by atoms with Gasteiger partial charge in [-0.15, -0.1) is 0 Å². The molecule has 0 aromatic rings. The zero-order valence-electron chi connectivity index (χ0n) is 9.03. The number of nitrogens with zero attached hydrogens (tertiary/aromatic N) is 2. The first-order valence-electron chi connectivity index (χ1n) is 5.09. The van der Waals surface area contributed by atoms with Crippen molar-refractivity contribution in [1.82, 2.24) is 15.2 Å². The first-order chi connectivity index (χ1) is 7.13. The van der Waals surface area contributed by atoms with Crippen molar-refractivity contribution < 1.29 is 9.59 Å². The molecule has 6 heteroatoms. The second kappa shape index (κ2) is 5.67. The second-order valence-electron chi connectivity index (χ2n) is 3.76. The summed E-state index contributed by atoms with van der Waals surface area (Å²) < 4.78 is 0. The Morgan fingerprint density at radius 3 is 2.93 bits per heavy atom. The van der Waals surface area contributed by atoms with Gasteiger partial charge in [0.1, 0.15) is 0 Å². The fraction of sp³-hybridized carbons (Fsp3) is 0.778. The molecule has 1 rings (SSSR count). The van der Waals surface area contributed by atoms with Crippen LogP contribution in [0.2, 0.25) is 0 Å². The predicted molar refractivity (Wildman–Crippen MR) is 55.6 cm³/mol. The van der Waals surface area contributed by atoms with Crippen LogP contribution in [0.3, 0.4) is 0 Å².